The number of anilines is 2. The fourth-order valence-electron chi connectivity index (χ4n) is 4.97. The van der Waals surface area contributed by atoms with Gasteiger partial charge in [-0.1, -0.05) is 12.1 Å². The molecule has 1 fully saturated rings. The molecular formula is C25H29N3O4. The molecular weight excluding hydrogens is 406 g/mol. The molecule has 1 saturated heterocycles. The number of benzene rings is 2. The summed E-state index contributed by atoms with van der Waals surface area (Å²) >= 11 is 0. The highest BCUT2D eigenvalue weighted by atomic mass is 16.5. The van der Waals surface area contributed by atoms with Gasteiger partial charge in [0, 0.05) is 31.0 Å². The number of amides is 2. The quantitative estimate of drug-likeness (QED) is 0.770. The predicted molar refractivity (Wildman–Crippen MR) is 121 cm³/mol. The number of rotatable bonds is 4. The first kappa shape index (κ1) is 21.1. The Kier molecular flexibility index (Phi) is 5.71. The number of carbonyl (C=O) groups excluding carboxylic acids is 2. The number of fused-ring (bicyclic) bond motifs is 2. The highest BCUT2D eigenvalue weighted by molar-refractivity contribution is 6.03. The van der Waals surface area contributed by atoms with Crippen molar-refractivity contribution in [3.63, 3.8) is 0 Å². The average Bonchev–Trinajstić information content (AvgIpc) is 3.18. The van der Waals surface area contributed by atoms with E-state index in [9.17, 15) is 14.7 Å². The molecule has 7 heteroatoms. The van der Waals surface area contributed by atoms with Crippen molar-refractivity contribution >= 4 is 23.2 Å². The van der Waals surface area contributed by atoms with Crippen molar-refractivity contribution in [2.24, 2.45) is 0 Å². The smallest absolute Gasteiger partial charge is 0.259 e. The molecule has 2 atom stereocenters. The predicted octanol–water partition coefficient (Wildman–Crippen LogP) is 2.24. The number of hydrogen-bond donors (Lipinski definition) is 2. The lowest BCUT2D eigenvalue weighted by atomic mass is 9.91. The van der Waals surface area contributed by atoms with E-state index in [0.29, 0.717) is 12.2 Å². The summed E-state index contributed by atoms with van der Waals surface area (Å²) in [6, 6.07) is 11.9. The highest BCUT2D eigenvalue weighted by Gasteiger charge is 2.39. The van der Waals surface area contributed by atoms with Gasteiger partial charge in [-0.3, -0.25) is 14.5 Å². The Morgan fingerprint density at radius 1 is 1.06 bits per heavy atom. The maximum atomic E-state index is 13.1. The number of aliphatic hydroxyl groups is 1. The number of hydrogen-bond acceptors (Lipinski definition) is 5. The first-order chi connectivity index (χ1) is 15.5. The number of carbonyl (C=O) groups is 2. The fraction of sp³-hybridized carbons (Fsp3) is 0.440. The number of ether oxygens (including phenoxy) is 1. The highest BCUT2D eigenvalue weighted by Crippen LogP contribution is 2.29. The molecule has 1 aliphatic carbocycles. The Bertz CT molecular complexity index is 1050. The Hall–Kier alpha value is -2.74. The van der Waals surface area contributed by atoms with Crippen molar-refractivity contribution in [2.75, 3.05) is 30.4 Å². The first-order valence-electron chi connectivity index (χ1n) is 11.3. The van der Waals surface area contributed by atoms with Crippen LogP contribution in [0.25, 0.3) is 0 Å². The summed E-state index contributed by atoms with van der Waals surface area (Å²) in [5.41, 5.74) is 6.43. The van der Waals surface area contributed by atoms with Crippen molar-refractivity contribution in [1.29, 1.82) is 0 Å². The summed E-state index contributed by atoms with van der Waals surface area (Å²) < 4.78 is 5.55. The van der Waals surface area contributed by atoms with E-state index in [0.717, 1.165) is 38.0 Å². The molecule has 2 heterocycles. The minimum absolute atomic E-state index is 0.260. The van der Waals surface area contributed by atoms with Gasteiger partial charge in [0.2, 0.25) is 0 Å². The van der Waals surface area contributed by atoms with Crippen LogP contribution in [-0.2, 0) is 40.3 Å². The summed E-state index contributed by atoms with van der Waals surface area (Å²) in [5.74, 6) is -1.02. The lowest BCUT2D eigenvalue weighted by Crippen LogP contribution is -2.55. The molecule has 2 unspecified atom stereocenters. The molecule has 5 rings (SSSR count). The molecule has 3 aliphatic rings. The van der Waals surface area contributed by atoms with Crippen LogP contribution in [0.3, 0.4) is 0 Å². The molecule has 0 aromatic heterocycles. The molecule has 2 aromatic rings. The van der Waals surface area contributed by atoms with Crippen LogP contribution in [0.4, 0.5) is 11.4 Å². The Morgan fingerprint density at radius 2 is 1.81 bits per heavy atom. The van der Waals surface area contributed by atoms with E-state index in [1.807, 2.05) is 36.4 Å². The Balaban J connectivity index is 1.28. The maximum absolute atomic E-state index is 13.1. The lowest BCUT2D eigenvalue weighted by molar-refractivity contribution is -0.150. The summed E-state index contributed by atoms with van der Waals surface area (Å²) in [6.45, 7) is 2.40. The number of morpholine rings is 1. The van der Waals surface area contributed by atoms with E-state index >= 15 is 0 Å². The van der Waals surface area contributed by atoms with Crippen LogP contribution < -0.4 is 10.2 Å². The maximum Gasteiger partial charge on any atom is 0.259 e. The summed E-state index contributed by atoms with van der Waals surface area (Å²) in [5, 5.41) is 13.4. The number of aliphatic hydroxyl groups excluding tert-OH is 1. The summed E-state index contributed by atoms with van der Waals surface area (Å²) in [4.78, 5) is 29.7. The standard InChI is InChI=1S/C25H29N3O4/c1-27-14-18-7-9-21(13-19(18)15-27)28-10-11-32-23(25(28)31)22(29)24(30)26-20-8-6-16-4-2-3-5-17(16)12-20/h6-9,12-13,22-23,29H,2-5,10-11,14-15H2,1H3,(H,26,30). The monoisotopic (exact) mass is 435 g/mol. The molecule has 2 aliphatic heterocycles. The van der Waals surface area contributed by atoms with E-state index < -0.39 is 24.0 Å². The van der Waals surface area contributed by atoms with Gasteiger partial charge in [0.15, 0.2) is 12.2 Å². The number of aryl methyl sites for hydroxylation is 2. The van der Waals surface area contributed by atoms with E-state index in [-0.39, 0.29) is 6.61 Å². The first-order valence-corrected chi connectivity index (χ1v) is 11.3. The van der Waals surface area contributed by atoms with Gasteiger partial charge in [-0.15, -0.1) is 0 Å². The van der Waals surface area contributed by atoms with Gasteiger partial charge in [-0.25, -0.2) is 0 Å². The second-order valence-electron chi connectivity index (χ2n) is 9.03. The van der Waals surface area contributed by atoms with Crippen molar-refractivity contribution < 1.29 is 19.4 Å². The van der Waals surface area contributed by atoms with Crippen LogP contribution in [0, 0.1) is 0 Å². The third-order valence-corrected chi connectivity index (χ3v) is 6.68. The van der Waals surface area contributed by atoms with Crippen LogP contribution in [0.1, 0.15) is 35.1 Å². The fourth-order valence-corrected chi connectivity index (χ4v) is 4.97. The van der Waals surface area contributed by atoms with Crippen LogP contribution in [-0.4, -0.2) is 54.2 Å². The minimum Gasteiger partial charge on any atom is -0.380 e. The topological polar surface area (TPSA) is 82.1 Å². The molecule has 2 amide bonds. The largest absolute Gasteiger partial charge is 0.380 e. The van der Waals surface area contributed by atoms with E-state index in [1.165, 1.54) is 28.7 Å². The van der Waals surface area contributed by atoms with Gasteiger partial charge in [-0.2, -0.15) is 0 Å². The summed E-state index contributed by atoms with van der Waals surface area (Å²) in [7, 11) is 2.06. The Morgan fingerprint density at radius 3 is 2.66 bits per heavy atom. The minimum atomic E-state index is -1.58. The van der Waals surface area contributed by atoms with Gasteiger partial charge >= 0.3 is 0 Å². The van der Waals surface area contributed by atoms with Gasteiger partial charge in [0.05, 0.1) is 6.61 Å². The number of nitrogens with zero attached hydrogens (tertiary/aromatic N) is 2. The molecule has 0 saturated carbocycles. The van der Waals surface area contributed by atoms with Crippen molar-refractivity contribution in [1.82, 2.24) is 4.90 Å². The molecule has 0 bridgehead atoms. The summed E-state index contributed by atoms with van der Waals surface area (Å²) in [6.07, 6.45) is 1.59. The van der Waals surface area contributed by atoms with Crippen molar-refractivity contribution in [3.05, 3.63) is 58.7 Å². The number of nitrogens with one attached hydrogen (secondary N) is 1. The normalized spacial score (nSPS) is 21.8. The second kappa shape index (κ2) is 8.65. The van der Waals surface area contributed by atoms with E-state index in [4.69, 9.17) is 4.74 Å². The molecule has 2 N–H and O–H groups in total. The SMILES string of the molecule is CN1Cc2ccc(N3CCOC(C(O)C(=O)Nc4ccc5c(c4)CCCC5)C3=O)cc2C1. The molecule has 32 heavy (non-hydrogen) atoms. The van der Waals surface area contributed by atoms with Gasteiger partial charge in [-0.05, 0) is 79.3 Å². The van der Waals surface area contributed by atoms with Crippen molar-refractivity contribution in [3.8, 4) is 0 Å². The average molecular weight is 436 g/mol. The van der Waals surface area contributed by atoms with Crippen LogP contribution in [0.5, 0.6) is 0 Å². The van der Waals surface area contributed by atoms with Crippen molar-refractivity contribution in [2.45, 2.75) is 51.0 Å². The zero-order valence-electron chi connectivity index (χ0n) is 18.3. The molecule has 0 radical (unpaired) electrons. The molecule has 168 valence electrons. The lowest BCUT2D eigenvalue weighted by Gasteiger charge is -2.34. The van der Waals surface area contributed by atoms with E-state index in [2.05, 4.69) is 17.3 Å². The van der Waals surface area contributed by atoms with Gasteiger partial charge in [0.1, 0.15) is 0 Å². The third-order valence-electron chi connectivity index (χ3n) is 6.68. The van der Waals surface area contributed by atoms with Crippen LogP contribution in [0.15, 0.2) is 36.4 Å². The molecule has 7 nitrogen and oxygen atoms in total. The van der Waals surface area contributed by atoms with Crippen LogP contribution >= 0.6 is 0 Å². The molecule has 2 aromatic carbocycles. The third kappa shape index (κ3) is 4.03. The van der Waals surface area contributed by atoms with Gasteiger partial charge in [0.25, 0.3) is 11.8 Å². The van der Waals surface area contributed by atoms with E-state index in [1.54, 1.807) is 4.90 Å². The second-order valence-corrected chi connectivity index (χ2v) is 9.03. The zero-order chi connectivity index (χ0) is 22.2. The molecule has 0 spiro atoms. The van der Waals surface area contributed by atoms with Gasteiger partial charge < -0.3 is 20.1 Å². The zero-order valence-corrected chi connectivity index (χ0v) is 18.3. The van der Waals surface area contributed by atoms with Crippen LogP contribution in [0.2, 0.25) is 0 Å². The Labute approximate surface area is 188 Å².